The van der Waals surface area contributed by atoms with E-state index in [0.717, 1.165) is 6.42 Å². The molecule has 0 fully saturated rings. The number of carbonyl (C=O) groups is 1. The number of hydrogen-bond donors (Lipinski definition) is 0. The number of imidazole rings is 1. The molecule has 0 saturated heterocycles. The maximum absolute atomic E-state index is 12.8. The first-order valence-electron chi connectivity index (χ1n) is 7.54. The molecule has 0 aliphatic rings. The molecule has 126 valence electrons. The van der Waals surface area contributed by atoms with Crippen molar-refractivity contribution < 1.29 is 4.79 Å². The molecule has 2 aromatic heterocycles. The predicted molar refractivity (Wildman–Crippen MR) is 91.8 cm³/mol. The molecule has 0 N–H and O–H groups in total. The number of rotatable bonds is 5. The zero-order chi connectivity index (χ0) is 17.5. The lowest BCUT2D eigenvalue weighted by molar-refractivity contribution is -0.119. The van der Waals surface area contributed by atoms with Crippen molar-refractivity contribution in [2.75, 3.05) is 0 Å². The van der Waals surface area contributed by atoms with Crippen molar-refractivity contribution in [2.45, 2.75) is 46.7 Å². The molecule has 8 heteroatoms. The van der Waals surface area contributed by atoms with Gasteiger partial charge in [-0.05, 0) is 42.1 Å². The Labute approximate surface area is 142 Å². The van der Waals surface area contributed by atoms with Gasteiger partial charge in [-0.3, -0.25) is 18.7 Å². The minimum atomic E-state index is -0.543. The van der Waals surface area contributed by atoms with Gasteiger partial charge in [0.1, 0.15) is 0 Å². The maximum Gasteiger partial charge on any atom is 0.332 e. The van der Waals surface area contributed by atoms with Crippen molar-refractivity contribution in [3.8, 4) is 0 Å². The highest BCUT2D eigenvalue weighted by atomic mass is 79.9. The van der Waals surface area contributed by atoms with E-state index in [0.29, 0.717) is 17.2 Å². The van der Waals surface area contributed by atoms with Crippen molar-refractivity contribution in [3.05, 3.63) is 25.6 Å². The highest BCUT2D eigenvalue weighted by Crippen LogP contribution is 2.22. The molecule has 1 unspecified atom stereocenters. The highest BCUT2D eigenvalue weighted by molar-refractivity contribution is 9.10. The number of Topliss-reactive ketones (excluding diaryl/α,β-unsaturated/α-hetero) is 1. The van der Waals surface area contributed by atoms with Gasteiger partial charge in [-0.1, -0.05) is 13.8 Å². The minimum Gasteiger partial charge on any atom is -0.302 e. The molecule has 0 radical (unpaired) electrons. The van der Waals surface area contributed by atoms with E-state index in [1.807, 2.05) is 13.8 Å². The van der Waals surface area contributed by atoms with Gasteiger partial charge in [0, 0.05) is 13.6 Å². The Bertz CT molecular complexity index is 875. The lowest BCUT2D eigenvalue weighted by Gasteiger charge is -2.14. The van der Waals surface area contributed by atoms with Gasteiger partial charge in [0.05, 0.1) is 6.04 Å². The number of nitrogens with zero attached hydrogens (tertiary/aromatic N) is 4. The molecule has 7 nitrogen and oxygen atoms in total. The maximum atomic E-state index is 12.8. The summed E-state index contributed by atoms with van der Waals surface area (Å²) in [6.45, 7) is 7.58. The van der Waals surface area contributed by atoms with Gasteiger partial charge in [-0.25, -0.2) is 9.78 Å². The summed E-state index contributed by atoms with van der Waals surface area (Å²) in [7, 11) is 1.58. The topological polar surface area (TPSA) is 78.9 Å². The predicted octanol–water partition coefficient (Wildman–Crippen LogP) is 1.86. The van der Waals surface area contributed by atoms with Crippen LogP contribution in [0.1, 0.15) is 40.2 Å². The quantitative estimate of drug-likeness (QED) is 0.736. The number of carbonyl (C=O) groups excluding carboxylic acids is 1. The Morgan fingerprint density at radius 2 is 1.87 bits per heavy atom. The third-order valence-corrected chi connectivity index (χ3v) is 4.60. The van der Waals surface area contributed by atoms with Crippen LogP contribution in [0.5, 0.6) is 0 Å². The standard InChI is InChI=1S/C15H21BrN4O3/c1-8(2)6-7-19-13(22)11-12(18(5)15(19)23)17-14(16)20(11)9(3)10(4)21/h8-9H,6-7H2,1-5H3. The first-order valence-corrected chi connectivity index (χ1v) is 8.33. The molecular formula is C15H21BrN4O3. The van der Waals surface area contributed by atoms with Gasteiger partial charge in [-0.2, -0.15) is 0 Å². The molecule has 2 aromatic rings. The number of halogens is 1. The number of hydrogen-bond acceptors (Lipinski definition) is 4. The van der Waals surface area contributed by atoms with Crippen LogP contribution >= 0.6 is 15.9 Å². The van der Waals surface area contributed by atoms with Crippen molar-refractivity contribution in [2.24, 2.45) is 13.0 Å². The SMILES string of the molecule is CC(=O)C(C)n1c(Br)nc2c1c(=O)n(CCC(C)C)c(=O)n2C. The monoisotopic (exact) mass is 384 g/mol. The highest BCUT2D eigenvalue weighted by Gasteiger charge is 2.23. The Morgan fingerprint density at radius 3 is 2.39 bits per heavy atom. The fourth-order valence-corrected chi connectivity index (χ4v) is 3.09. The number of fused-ring (bicyclic) bond motifs is 1. The fourth-order valence-electron chi connectivity index (χ4n) is 2.43. The molecule has 0 aliphatic carbocycles. The lowest BCUT2D eigenvalue weighted by Crippen LogP contribution is -2.40. The molecule has 0 amide bonds. The second-order valence-corrected chi connectivity index (χ2v) is 6.90. The van der Waals surface area contributed by atoms with Crippen molar-refractivity contribution in [3.63, 3.8) is 0 Å². The fraction of sp³-hybridized carbons (Fsp3) is 0.600. The van der Waals surface area contributed by atoms with E-state index < -0.39 is 17.3 Å². The molecule has 1 atom stereocenters. The summed E-state index contributed by atoms with van der Waals surface area (Å²) in [5.74, 6) is 0.280. The Morgan fingerprint density at radius 1 is 1.26 bits per heavy atom. The Hall–Kier alpha value is -1.70. The van der Waals surface area contributed by atoms with Crippen LogP contribution in [0.25, 0.3) is 11.2 Å². The van der Waals surface area contributed by atoms with Gasteiger partial charge in [0.15, 0.2) is 21.7 Å². The smallest absolute Gasteiger partial charge is 0.302 e. The average molecular weight is 385 g/mol. The largest absolute Gasteiger partial charge is 0.332 e. The summed E-state index contributed by atoms with van der Waals surface area (Å²) in [6, 6.07) is -0.543. The van der Waals surface area contributed by atoms with Crippen LogP contribution in [0, 0.1) is 5.92 Å². The zero-order valence-electron chi connectivity index (χ0n) is 14.0. The van der Waals surface area contributed by atoms with Crippen LogP contribution in [0.3, 0.4) is 0 Å². The van der Waals surface area contributed by atoms with E-state index >= 15 is 0 Å². The summed E-state index contributed by atoms with van der Waals surface area (Å²) in [5.41, 5.74) is -0.253. The zero-order valence-corrected chi connectivity index (χ0v) is 15.5. The second kappa shape index (κ2) is 6.43. The van der Waals surface area contributed by atoms with Gasteiger partial charge in [0.2, 0.25) is 0 Å². The lowest BCUT2D eigenvalue weighted by atomic mass is 10.1. The van der Waals surface area contributed by atoms with Crippen molar-refractivity contribution in [1.82, 2.24) is 18.7 Å². The van der Waals surface area contributed by atoms with Gasteiger partial charge in [0.25, 0.3) is 5.56 Å². The van der Waals surface area contributed by atoms with E-state index in [1.54, 1.807) is 18.5 Å². The molecular weight excluding hydrogens is 364 g/mol. The van der Waals surface area contributed by atoms with Gasteiger partial charge < -0.3 is 4.57 Å². The summed E-state index contributed by atoms with van der Waals surface area (Å²) in [5, 5.41) is 0. The molecule has 0 spiro atoms. The molecule has 2 heterocycles. The molecule has 0 aliphatic heterocycles. The Balaban J connectivity index is 2.82. The summed E-state index contributed by atoms with van der Waals surface area (Å²) in [6.07, 6.45) is 0.720. The van der Waals surface area contributed by atoms with Crippen LogP contribution in [0.2, 0.25) is 0 Å². The molecule has 2 rings (SSSR count). The van der Waals surface area contributed by atoms with E-state index in [-0.39, 0.29) is 16.9 Å². The van der Waals surface area contributed by atoms with Crippen LogP contribution in [0.4, 0.5) is 0 Å². The Kier molecular flexibility index (Phi) is 4.93. The van der Waals surface area contributed by atoms with E-state index in [1.165, 1.54) is 16.1 Å². The molecule has 23 heavy (non-hydrogen) atoms. The van der Waals surface area contributed by atoms with Crippen LogP contribution in [-0.4, -0.2) is 24.5 Å². The third kappa shape index (κ3) is 3.04. The third-order valence-electron chi connectivity index (χ3n) is 4.04. The summed E-state index contributed by atoms with van der Waals surface area (Å²) in [4.78, 5) is 41.3. The first-order chi connectivity index (χ1) is 10.7. The first kappa shape index (κ1) is 17.7. The summed E-state index contributed by atoms with van der Waals surface area (Å²) >= 11 is 3.29. The second-order valence-electron chi connectivity index (χ2n) is 6.19. The van der Waals surface area contributed by atoms with Gasteiger partial charge in [-0.15, -0.1) is 0 Å². The van der Waals surface area contributed by atoms with E-state index in [2.05, 4.69) is 20.9 Å². The van der Waals surface area contributed by atoms with Crippen LogP contribution in [0.15, 0.2) is 14.3 Å². The number of ketones is 1. The van der Waals surface area contributed by atoms with Gasteiger partial charge >= 0.3 is 5.69 Å². The summed E-state index contributed by atoms with van der Waals surface area (Å²) < 4.78 is 4.49. The van der Waals surface area contributed by atoms with E-state index in [4.69, 9.17) is 0 Å². The number of aryl methyl sites for hydroxylation is 1. The molecule has 0 bridgehead atoms. The van der Waals surface area contributed by atoms with Crippen molar-refractivity contribution >= 4 is 32.9 Å². The number of aromatic nitrogens is 4. The van der Waals surface area contributed by atoms with Crippen LogP contribution in [-0.2, 0) is 18.4 Å². The molecule has 0 saturated carbocycles. The average Bonchev–Trinajstić information content (AvgIpc) is 2.81. The molecule has 0 aromatic carbocycles. The van der Waals surface area contributed by atoms with Crippen LogP contribution < -0.4 is 11.2 Å². The van der Waals surface area contributed by atoms with Crippen molar-refractivity contribution in [1.29, 1.82) is 0 Å². The van der Waals surface area contributed by atoms with E-state index in [9.17, 15) is 14.4 Å². The normalized spacial score (nSPS) is 13.0. The minimum absolute atomic E-state index is 0.0908.